The number of hydrogen-bond acceptors (Lipinski definition) is 4. The molecule has 1 aromatic rings. The predicted molar refractivity (Wildman–Crippen MR) is 51.8 cm³/mol. The molecule has 0 aromatic heterocycles. The molecule has 0 saturated heterocycles. The smallest absolute Gasteiger partial charge is 0.295 e. The fraction of sp³-hybridized carbons (Fsp3) is 0.111. The molecule has 1 aromatic carbocycles. The number of nitrogen functional groups attached to an aromatic ring is 1. The number of ether oxygens (including phenoxy) is 1. The number of nitro benzene ring substituents is 1. The molecule has 0 aliphatic rings. The Morgan fingerprint density at radius 1 is 1.64 bits per heavy atom. The number of rotatable bonds is 3. The van der Waals surface area contributed by atoms with Crippen molar-refractivity contribution in [1.29, 1.82) is 0 Å². The molecule has 0 amide bonds. The molecule has 0 aliphatic heterocycles. The maximum atomic E-state index is 10.5. The monoisotopic (exact) mass is 192 g/mol. The molecule has 0 radical (unpaired) electrons. The molecule has 72 valence electrons. The molecule has 0 atom stereocenters. The van der Waals surface area contributed by atoms with Crippen molar-refractivity contribution in [3.63, 3.8) is 0 Å². The van der Waals surface area contributed by atoms with Crippen molar-refractivity contribution in [3.8, 4) is 18.1 Å². The van der Waals surface area contributed by atoms with E-state index in [0.29, 0.717) is 5.75 Å². The van der Waals surface area contributed by atoms with Gasteiger partial charge in [0.15, 0.2) is 0 Å². The minimum Gasteiger partial charge on any atom is -0.481 e. The summed E-state index contributed by atoms with van der Waals surface area (Å²) in [5.41, 5.74) is 5.30. The Kier molecular flexibility index (Phi) is 2.92. The van der Waals surface area contributed by atoms with Gasteiger partial charge in [-0.3, -0.25) is 10.1 Å². The Morgan fingerprint density at radius 3 is 2.93 bits per heavy atom. The molecule has 2 N–H and O–H groups in total. The number of terminal acetylenes is 1. The summed E-state index contributed by atoms with van der Waals surface area (Å²) in [6.45, 7) is 0.0705. The van der Waals surface area contributed by atoms with Crippen LogP contribution >= 0.6 is 0 Å². The second kappa shape index (κ2) is 4.14. The third-order valence-electron chi connectivity index (χ3n) is 1.52. The van der Waals surface area contributed by atoms with Crippen LogP contribution in [0.1, 0.15) is 0 Å². The Bertz CT molecular complexity index is 396. The van der Waals surface area contributed by atoms with Crippen molar-refractivity contribution in [3.05, 3.63) is 28.3 Å². The third-order valence-corrected chi connectivity index (χ3v) is 1.52. The van der Waals surface area contributed by atoms with Crippen molar-refractivity contribution in [2.75, 3.05) is 12.3 Å². The van der Waals surface area contributed by atoms with Crippen molar-refractivity contribution in [2.45, 2.75) is 0 Å². The summed E-state index contributed by atoms with van der Waals surface area (Å²) in [7, 11) is 0. The number of nitro groups is 1. The highest BCUT2D eigenvalue weighted by atomic mass is 16.6. The van der Waals surface area contributed by atoms with E-state index in [4.69, 9.17) is 16.9 Å². The zero-order chi connectivity index (χ0) is 10.6. The Balaban J connectivity index is 2.96. The van der Waals surface area contributed by atoms with Gasteiger partial charge in [-0.05, 0) is 12.1 Å². The van der Waals surface area contributed by atoms with E-state index in [2.05, 4.69) is 5.92 Å². The van der Waals surface area contributed by atoms with Gasteiger partial charge < -0.3 is 10.5 Å². The Hall–Kier alpha value is -2.22. The normalized spacial score (nSPS) is 9.07. The molecule has 14 heavy (non-hydrogen) atoms. The molecule has 5 nitrogen and oxygen atoms in total. The minimum absolute atomic E-state index is 0.0705. The largest absolute Gasteiger partial charge is 0.481 e. The summed E-state index contributed by atoms with van der Waals surface area (Å²) in [6, 6.07) is 4.18. The van der Waals surface area contributed by atoms with Crippen molar-refractivity contribution >= 4 is 11.4 Å². The van der Waals surface area contributed by atoms with Gasteiger partial charge in [0.25, 0.3) is 5.69 Å². The average Bonchev–Trinajstić information content (AvgIpc) is 2.16. The summed E-state index contributed by atoms with van der Waals surface area (Å²) in [4.78, 5) is 9.91. The van der Waals surface area contributed by atoms with Crippen LogP contribution in [0.3, 0.4) is 0 Å². The maximum absolute atomic E-state index is 10.5. The fourth-order valence-electron chi connectivity index (χ4n) is 0.896. The van der Waals surface area contributed by atoms with Crippen molar-refractivity contribution in [2.24, 2.45) is 0 Å². The van der Waals surface area contributed by atoms with Crippen LogP contribution in [-0.2, 0) is 0 Å². The van der Waals surface area contributed by atoms with Gasteiger partial charge in [0.2, 0.25) is 0 Å². The molecular weight excluding hydrogens is 184 g/mol. The lowest BCUT2D eigenvalue weighted by Gasteiger charge is -2.02. The molecule has 0 bridgehead atoms. The Morgan fingerprint density at radius 2 is 2.36 bits per heavy atom. The molecule has 5 heteroatoms. The van der Waals surface area contributed by atoms with E-state index >= 15 is 0 Å². The summed E-state index contributed by atoms with van der Waals surface area (Å²) in [6.07, 6.45) is 4.97. The number of hydrogen-bond donors (Lipinski definition) is 1. The van der Waals surface area contributed by atoms with Crippen molar-refractivity contribution < 1.29 is 9.66 Å². The lowest BCUT2D eigenvalue weighted by molar-refractivity contribution is -0.384. The summed E-state index contributed by atoms with van der Waals surface area (Å²) in [5, 5.41) is 10.5. The highest BCUT2D eigenvalue weighted by Gasteiger charge is 2.11. The maximum Gasteiger partial charge on any atom is 0.295 e. The van der Waals surface area contributed by atoms with Gasteiger partial charge in [0.1, 0.15) is 18.0 Å². The topological polar surface area (TPSA) is 78.4 Å². The van der Waals surface area contributed by atoms with E-state index in [-0.39, 0.29) is 18.0 Å². The van der Waals surface area contributed by atoms with E-state index in [0.717, 1.165) is 0 Å². The number of anilines is 1. The molecule has 0 heterocycles. The lowest BCUT2D eigenvalue weighted by atomic mass is 10.2. The van der Waals surface area contributed by atoms with Crippen LogP contribution in [0.25, 0.3) is 0 Å². The van der Waals surface area contributed by atoms with Gasteiger partial charge in [-0.1, -0.05) is 5.92 Å². The molecule has 0 fully saturated rings. The van der Waals surface area contributed by atoms with Crippen LogP contribution in [0.4, 0.5) is 11.4 Å². The second-order valence-electron chi connectivity index (χ2n) is 2.47. The van der Waals surface area contributed by atoms with E-state index in [1.54, 1.807) is 0 Å². The second-order valence-corrected chi connectivity index (χ2v) is 2.47. The zero-order valence-corrected chi connectivity index (χ0v) is 7.27. The van der Waals surface area contributed by atoms with Crippen LogP contribution in [0.15, 0.2) is 18.2 Å². The molecular formula is C9H8N2O3. The first kappa shape index (κ1) is 9.86. The first-order valence-corrected chi connectivity index (χ1v) is 3.75. The number of nitrogens with zero attached hydrogens (tertiary/aromatic N) is 1. The standard InChI is InChI=1S/C9H8N2O3/c1-2-5-14-7-3-4-8(10)9(6-7)11(12)13/h1,3-4,6H,5,10H2. The average molecular weight is 192 g/mol. The van der Waals surface area contributed by atoms with Gasteiger partial charge in [-0.15, -0.1) is 6.42 Å². The van der Waals surface area contributed by atoms with Gasteiger partial charge in [0.05, 0.1) is 11.0 Å². The van der Waals surface area contributed by atoms with Crippen LogP contribution < -0.4 is 10.5 Å². The third kappa shape index (κ3) is 2.14. The van der Waals surface area contributed by atoms with Crippen molar-refractivity contribution in [1.82, 2.24) is 0 Å². The SMILES string of the molecule is C#CCOc1ccc(N)c([N+](=O)[O-])c1. The van der Waals surface area contributed by atoms with Gasteiger partial charge in [0, 0.05) is 0 Å². The molecule has 0 saturated carbocycles. The lowest BCUT2D eigenvalue weighted by Crippen LogP contribution is -1.98. The van der Waals surface area contributed by atoms with E-state index in [1.807, 2.05) is 0 Å². The van der Waals surface area contributed by atoms with Gasteiger partial charge >= 0.3 is 0 Å². The van der Waals surface area contributed by atoms with Gasteiger partial charge in [-0.2, -0.15) is 0 Å². The van der Waals surface area contributed by atoms with Crippen LogP contribution in [0, 0.1) is 22.5 Å². The quantitative estimate of drug-likeness (QED) is 0.337. The highest BCUT2D eigenvalue weighted by Crippen LogP contribution is 2.26. The van der Waals surface area contributed by atoms with Crippen LogP contribution in [0.5, 0.6) is 5.75 Å². The Labute approximate surface area is 80.6 Å². The first-order valence-electron chi connectivity index (χ1n) is 3.75. The van der Waals surface area contributed by atoms with Crippen LogP contribution in [0.2, 0.25) is 0 Å². The summed E-state index contributed by atoms with van der Waals surface area (Å²) < 4.78 is 5.00. The molecule has 0 unspecified atom stereocenters. The highest BCUT2D eigenvalue weighted by molar-refractivity contribution is 5.60. The summed E-state index contributed by atoms with van der Waals surface area (Å²) >= 11 is 0. The van der Waals surface area contributed by atoms with Gasteiger partial charge in [-0.25, -0.2) is 0 Å². The number of benzene rings is 1. The molecule has 1 rings (SSSR count). The minimum atomic E-state index is -0.571. The summed E-state index contributed by atoms with van der Waals surface area (Å²) in [5.74, 6) is 2.59. The number of nitrogens with two attached hydrogens (primary N) is 1. The predicted octanol–water partition coefficient (Wildman–Crippen LogP) is 1.19. The van der Waals surface area contributed by atoms with E-state index in [1.165, 1.54) is 18.2 Å². The molecule has 0 aliphatic carbocycles. The molecule has 0 spiro atoms. The van der Waals surface area contributed by atoms with E-state index < -0.39 is 4.92 Å². The fourth-order valence-corrected chi connectivity index (χ4v) is 0.896. The first-order chi connectivity index (χ1) is 6.65. The van der Waals surface area contributed by atoms with E-state index in [9.17, 15) is 10.1 Å². The zero-order valence-electron chi connectivity index (χ0n) is 7.27. The van der Waals surface area contributed by atoms with Crippen LogP contribution in [-0.4, -0.2) is 11.5 Å².